The zero-order valence-corrected chi connectivity index (χ0v) is 21.0. The molecule has 37 heavy (non-hydrogen) atoms. The fraction of sp³-hybridized carbons (Fsp3) is 0.481. The quantitative estimate of drug-likeness (QED) is 0.369. The third-order valence-corrected chi connectivity index (χ3v) is 7.16. The van der Waals surface area contributed by atoms with Gasteiger partial charge in [0.25, 0.3) is 5.91 Å². The van der Waals surface area contributed by atoms with E-state index in [1.165, 1.54) is 19.2 Å². The lowest BCUT2D eigenvalue weighted by Gasteiger charge is -2.32. The number of aliphatic hydroxyl groups excluding tert-OH is 1. The summed E-state index contributed by atoms with van der Waals surface area (Å²) in [6, 6.07) is 4.94. The van der Waals surface area contributed by atoms with Gasteiger partial charge in [0.1, 0.15) is 36.1 Å². The molecule has 9 nitrogen and oxygen atoms in total. The summed E-state index contributed by atoms with van der Waals surface area (Å²) >= 11 is 0. The Morgan fingerprint density at radius 1 is 1.16 bits per heavy atom. The van der Waals surface area contributed by atoms with E-state index in [0.717, 1.165) is 16.9 Å². The first-order valence-electron chi connectivity index (χ1n) is 12.8. The molecule has 2 aliphatic rings. The molecule has 0 saturated heterocycles. The molecule has 0 radical (unpaired) electrons. The van der Waals surface area contributed by atoms with Gasteiger partial charge in [-0.3, -0.25) is 9.59 Å². The summed E-state index contributed by atoms with van der Waals surface area (Å²) in [7, 11) is 0. The Morgan fingerprint density at radius 3 is 2.70 bits per heavy atom. The summed E-state index contributed by atoms with van der Waals surface area (Å²) in [5, 5.41) is 14.3. The van der Waals surface area contributed by atoms with Gasteiger partial charge in [0.15, 0.2) is 0 Å². The number of H-pyrrole nitrogens is 1. The summed E-state index contributed by atoms with van der Waals surface area (Å²) in [4.78, 5) is 37.0. The van der Waals surface area contributed by atoms with Gasteiger partial charge in [0, 0.05) is 23.7 Å². The molecule has 2 aromatic heterocycles. The van der Waals surface area contributed by atoms with Gasteiger partial charge in [-0.25, -0.2) is 14.4 Å². The van der Waals surface area contributed by atoms with Crippen molar-refractivity contribution in [2.45, 2.75) is 64.2 Å². The number of rotatable bonds is 8. The van der Waals surface area contributed by atoms with Crippen LogP contribution in [0.3, 0.4) is 0 Å². The molecule has 1 aromatic carbocycles. The maximum absolute atomic E-state index is 14.7. The Balaban J connectivity index is 1.38. The number of alkyl halides is 1. The topological polar surface area (TPSA) is 129 Å². The molecule has 0 bridgehead atoms. The molecule has 10 heteroatoms. The lowest BCUT2D eigenvalue weighted by Crippen LogP contribution is -2.50. The second-order valence-electron chi connectivity index (χ2n) is 10.2. The largest absolute Gasteiger partial charge is 0.493 e. The van der Waals surface area contributed by atoms with E-state index in [1.54, 1.807) is 6.92 Å². The molecular formula is C27H32FN5O4. The standard InChI is InChI=1S/C27H32FN5O4/c1-14-3-8-21(37-12-16-4-5-16)18(9-14)24-26-25(30-13-29-24)23(15(2)31-26)27(36)32-17-6-7-20(19(28)10-17)33-22(35)11-34/h3,8-9,13,16-17,19-20,31,34H,4-7,10-12H2,1-2H3,(H,32,36)(H,33,35)/t17-,19-,20+/m1/s1. The molecule has 0 spiro atoms. The predicted octanol–water partition coefficient (Wildman–Crippen LogP) is 3.13. The monoisotopic (exact) mass is 509 g/mol. The second kappa shape index (κ2) is 10.5. The number of hydrogen-bond acceptors (Lipinski definition) is 6. The number of aromatic nitrogens is 3. The summed E-state index contributed by atoms with van der Waals surface area (Å²) in [6.07, 6.45) is 3.46. The zero-order chi connectivity index (χ0) is 26.1. The van der Waals surface area contributed by atoms with E-state index in [-0.39, 0.29) is 18.4 Å². The van der Waals surface area contributed by atoms with Crippen LogP contribution in [0.4, 0.5) is 4.39 Å². The number of hydrogen-bond donors (Lipinski definition) is 4. The number of halogens is 1. The molecular weight excluding hydrogens is 477 g/mol. The first-order chi connectivity index (χ1) is 17.8. The second-order valence-corrected chi connectivity index (χ2v) is 10.2. The minimum absolute atomic E-state index is 0.0781. The van der Waals surface area contributed by atoms with Crippen LogP contribution in [0.15, 0.2) is 24.5 Å². The lowest BCUT2D eigenvalue weighted by molar-refractivity contribution is -0.125. The predicted molar refractivity (Wildman–Crippen MR) is 136 cm³/mol. The van der Waals surface area contributed by atoms with Crippen molar-refractivity contribution in [2.75, 3.05) is 13.2 Å². The van der Waals surface area contributed by atoms with Gasteiger partial charge in [-0.1, -0.05) is 11.6 Å². The van der Waals surface area contributed by atoms with Crippen molar-refractivity contribution in [3.05, 3.63) is 41.3 Å². The number of aliphatic hydroxyl groups is 1. The third-order valence-electron chi connectivity index (χ3n) is 7.16. The molecule has 0 unspecified atom stereocenters. The summed E-state index contributed by atoms with van der Waals surface area (Å²) < 4.78 is 20.8. The first-order valence-corrected chi connectivity index (χ1v) is 12.8. The van der Waals surface area contributed by atoms with E-state index in [9.17, 15) is 14.0 Å². The SMILES string of the molecule is Cc1ccc(OCC2CC2)c(-c2ncnc3c(C(=O)N[C@@H]4CC[C@H](NC(=O)CO)[C@H](F)C4)c(C)[nH]c23)c1. The van der Waals surface area contributed by atoms with Gasteiger partial charge < -0.3 is 25.5 Å². The van der Waals surface area contributed by atoms with Gasteiger partial charge in [0.2, 0.25) is 5.91 Å². The van der Waals surface area contributed by atoms with E-state index < -0.39 is 24.7 Å². The highest BCUT2D eigenvalue weighted by atomic mass is 19.1. The lowest BCUT2D eigenvalue weighted by atomic mass is 9.89. The van der Waals surface area contributed by atoms with Crippen LogP contribution in [-0.4, -0.2) is 63.3 Å². The third kappa shape index (κ3) is 5.44. The van der Waals surface area contributed by atoms with Crippen LogP contribution in [0.2, 0.25) is 0 Å². The van der Waals surface area contributed by atoms with Crippen molar-refractivity contribution >= 4 is 22.8 Å². The number of nitrogens with zero attached hydrogens (tertiary/aromatic N) is 2. The van der Waals surface area contributed by atoms with Crippen molar-refractivity contribution < 1.29 is 23.8 Å². The molecule has 2 saturated carbocycles. The number of carbonyl (C=O) groups excluding carboxylic acids is 2. The number of benzene rings is 1. The Bertz CT molecular complexity index is 1320. The molecule has 2 fully saturated rings. The van der Waals surface area contributed by atoms with E-state index >= 15 is 0 Å². The van der Waals surface area contributed by atoms with Crippen molar-refractivity contribution in [3.63, 3.8) is 0 Å². The van der Waals surface area contributed by atoms with E-state index in [1.807, 2.05) is 25.1 Å². The number of carbonyl (C=O) groups is 2. The average Bonchev–Trinajstić information content (AvgIpc) is 3.64. The van der Waals surface area contributed by atoms with Crippen LogP contribution in [0.5, 0.6) is 5.75 Å². The van der Waals surface area contributed by atoms with Gasteiger partial charge in [0.05, 0.1) is 23.7 Å². The number of amides is 2. The highest BCUT2D eigenvalue weighted by Crippen LogP contribution is 2.37. The minimum Gasteiger partial charge on any atom is -0.493 e. The Hall–Kier alpha value is -3.53. The fourth-order valence-electron chi connectivity index (χ4n) is 4.97. The fourth-order valence-corrected chi connectivity index (χ4v) is 4.97. The maximum Gasteiger partial charge on any atom is 0.255 e. The van der Waals surface area contributed by atoms with E-state index in [2.05, 4.69) is 25.6 Å². The molecule has 2 amide bonds. The van der Waals surface area contributed by atoms with Gasteiger partial charge in [-0.05, 0) is 57.6 Å². The Morgan fingerprint density at radius 2 is 1.97 bits per heavy atom. The van der Waals surface area contributed by atoms with Crippen molar-refractivity contribution in [1.82, 2.24) is 25.6 Å². The van der Waals surface area contributed by atoms with Crippen LogP contribution in [-0.2, 0) is 4.79 Å². The van der Waals surface area contributed by atoms with E-state index in [4.69, 9.17) is 9.84 Å². The average molecular weight is 510 g/mol. The highest BCUT2D eigenvalue weighted by molar-refractivity contribution is 6.09. The first kappa shape index (κ1) is 25.1. The molecule has 196 valence electrons. The molecule has 3 aromatic rings. The van der Waals surface area contributed by atoms with Crippen molar-refractivity contribution in [1.29, 1.82) is 0 Å². The summed E-state index contributed by atoms with van der Waals surface area (Å²) in [5.41, 5.74) is 4.74. The van der Waals surface area contributed by atoms with Gasteiger partial charge in [-0.15, -0.1) is 0 Å². The van der Waals surface area contributed by atoms with Crippen LogP contribution in [0.25, 0.3) is 22.3 Å². The molecule has 3 atom stereocenters. The Labute approximate surface area is 214 Å². The smallest absolute Gasteiger partial charge is 0.255 e. The maximum atomic E-state index is 14.7. The number of aryl methyl sites for hydroxylation is 2. The Kier molecular flexibility index (Phi) is 7.10. The summed E-state index contributed by atoms with van der Waals surface area (Å²) in [6.45, 7) is 3.81. The molecule has 2 aliphatic carbocycles. The van der Waals surface area contributed by atoms with Crippen molar-refractivity contribution in [3.8, 4) is 17.0 Å². The minimum atomic E-state index is -1.32. The highest BCUT2D eigenvalue weighted by Gasteiger charge is 2.33. The van der Waals surface area contributed by atoms with Crippen LogP contribution in [0.1, 0.15) is 53.7 Å². The number of fused-ring (bicyclic) bond motifs is 1. The van der Waals surface area contributed by atoms with Gasteiger partial charge >= 0.3 is 0 Å². The zero-order valence-electron chi connectivity index (χ0n) is 21.0. The number of nitrogens with one attached hydrogen (secondary N) is 3. The van der Waals surface area contributed by atoms with Crippen LogP contribution in [0, 0.1) is 19.8 Å². The van der Waals surface area contributed by atoms with Crippen molar-refractivity contribution in [2.24, 2.45) is 5.92 Å². The molecule has 2 heterocycles. The van der Waals surface area contributed by atoms with Crippen LogP contribution >= 0.6 is 0 Å². The molecule has 5 rings (SSSR count). The van der Waals surface area contributed by atoms with E-state index in [0.29, 0.717) is 53.4 Å². The molecule has 0 aliphatic heterocycles. The number of aromatic amines is 1. The number of ether oxygens (including phenoxy) is 1. The molecule has 4 N–H and O–H groups in total. The normalized spacial score (nSPS) is 21.6. The summed E-state index contributed by atoms with van der Waals surface area (Å²) in [5.74, 6) is 0.412. The van der Waals surface area contributed by atoms with Crippen LogP contribution < -0.4 is 15.4 Å². The van der Waals surface area contributed by atoms with Gasteiger partial charge in [-0.2, -0.15) is 0 Å².